The van der Waals surface area contributed by atoms with Crippen molar-refractivity contribution >= 4 is 29.6 Å². The highest BCUT2D eigenvalue weighted by Gasteiger charge is 2.50. The quantitative estimate of drug-likeness (QED) is 0.259. The first-order valence-corrected chi connectivity index (χ1v) is 9.69. The van der Waals surface area contributed by atoms with Gasteiger partial charge in [0.2, 0.25) is 5.91 Å². The van der Waals surface area contributed by atoms with E-state index >= 15 is 0 Å². The smallest absolute Gasteiger partial charge is 0.352 e. The average molecular weight is 390 g/mol. The van der Waals surface area contributed by atoms with E-state index < -0.39 is 18.0 Å². The highest BCUT2D eigenvalue weighted by atomic mass is 32.2. The molecule has 0 aromatic carbocycles. The maximum Gasteiger partial charge on any atom is 0.352 e. The highest BCUT2D eigenvalue weighted by molar-refractivity contribution is 7.99. The number of hydrogen-bond donors (Lipinski definition) is 5. The third-order valence-electron chi connectivity index (χ3n) is 4.02. The Balaban J connectivity index is 0.00000301. The minimum atomic E-state index is -1.14. The molecule has 150 valence electrons. The van der Waals surface area contributed by atoms with Crippen molar-refractivity contribution in [2.45, 2.75) is 45.6 Å². The predicted molar refractivity (Wildman–Crippen MR) is 103 cm³/mol. The first kappa shape index (κ1) is 24.4. The third kappa shape index (κ3) is 9.21. The molecule has 9 heteroatoms. The molecule has 0 spiro atoms. The van der Waals surface area contributed by atoms with Crippen molar-refractivity contribution in [1.29, 1.82) is 0 Å². The standard InChI is InChI=1S/C16H26N2O5S.CH5N/c1-16(2)8-10(16)13(19)18-12(15(22)23)6-4-3-5-7-24-9-11(17)14(20)21;1-2/h6,10-11H,3-5,7-9,17H2,1-2H3,(H,18,19)(H,20,21)(H,22,23);2H2,1H3/b12-6-;/t10-,11+;/m1./s1. The van der Waals surface area contributed by atoms with Gasteiger partial charge in [-0.3, -0.25) is 9.59 Å². The number of allylic oxidation sites excluding steroid dienone is 1. The lowest BCUT2D eigenvalue weighted by Gasteiger charge is -2.08. The maximum atomic E-state index is 12.0. The third-order valence-corrected chi connectivity index (χ3v) is 5.20. The summed E-state index contributed by atoms with van der Waals surface area (Å²) in [6, 6.07) is -0.851. The summed E-state index contributed by atoms with van der Waals surface area (Å²) in [5.41, 5.74) is 9.78. The van der Waals surface area contributed by atoms with Gasteiger partial charge in [0.05, 0.1) is 0 Å². The predicted octanol–water partition coefficient (Wildman–Crippen LogP) is 1.01. The molecule has 2 atom stereocenters. The molecule has 1 aliphatic rings. The molecule has 1 amide bonds. The van der Waals surface area contributed by atoms with Crippen LogP contribution in [-0.4, -0.2) is 52.7 Å². The van der Waals surface area contributed by atoms with E-state index in [0.717, 1.165) is 25.0 Å². The fourth-order valence-corrected chi connectivity index (χ4v) is 3.17. The minimum absolute atomic E-state index is 0.0400. The molecule has 0 aliphatic heterocycles. The van der Waals surface area contributed by atoms with E-state index in [1.54, 1.807) is 0 Å². The van der Waals surface area contributed by atoms with E-state index in [4.69, 9.17) is 15.9 Å². The molecule has 8 nitrogen and oxygen atoms in total. The van der Waals surface area contributed by atoms with Crippen LogP contribution in [0, 0.1) is 11.3 Å². The van der Waals surface area contributed by atoms with Gasteiger partial charge in [0.15, 0.2) is 0 Å². The summed E-state index contributed by atoms with van der Waals surface area (Å²) in [7, 11) is 1.50. The Morgan fingerprint density at radius 2 is 1.85 bits per heavy atom. The number of hydrogen-bond acceptors (Lipinski definition) is 6. The lowest BCUT2D eigenvalue weighted by Crippen LogP contribution is -2.32. The summed E-state index contributed by atoms with van der Waals surface area (Å²) in [4.78, 5) is 33.7. The molecule has 1 aliphatic carbocycles. The van der Waals surface area contributed by atoms with E-state index in [0.29, 0.717) is 12.2 Å². The zero-order chi connectivity index (χ0) is 20.3. The van der Waals surface area contributed by atoms with Crippen LogP contribution in [0.3, 0.4) is 0 Å². The van der Waals surface area contributed by atoms with Crippen molar-refractivity contribution < 1.29 is 24.6 Å². The number of unbranched alkanes of at least 4 members (excludes halogenated alkanes) is 2. The Kier molecular flexibility index (Phi) is 11.2. The second kappa shape index (κ2) is 11.9. The van der Waals surface area contributed by atoms with Gasteiger partial charge >= 0.3 is 11.9 Å². The van der Waals surface area contributed by atoms with Gasteiger partial charge in [-0.15, -0.1) is 0 Å². The van der Waals surface area contributed by atoms with Crippen LogP contribution in [0.25, 0.3) is 0 Å². The fraction of sp³-hybridized carbons (Fsp3) is 0.706. The number of aliphatic carboxylic acids is 2. The van der Waals surface area contributed by atoms with E-state index in [1.165, 1.54) is 24.9 Å². The van der Waals surface area contributed by atoms with Crippen molar-refractivity contribution in [3.8, 4) is 0 Å². The zero-order valence-electron chi connectivity index (χ0n) is 15.7. The summed E-state index contributed by atoms with van der Waals surface area (Å²) < 4.78 is 0. The SMILES string of the molecule is CC1(C)C[C@@H]1C(=O)N/C(=C\CCCCSC[C@H](N)C(=O)O)C(=O)O.CN. The van der Waals surface area contributed by atoms with Crippen LogP contribution in [-0.2, 0) is 14.4 Å². The van der Waals surface area contributed by atoms with Crippen molar-refractivity contribution in [1.82, 2.24) is 5.32 Å². The number of carboxylic acid groups (broad SMARTS) is 2. The van der Waals surface area contributed by atoms with E-state index in [-0.39, 0.29) is 22.9 Å². The van der Waals surface area contributed by atoms with Gasteiger partial charge in [-0.1, -0.05) is 19.9 Å². The molecule has 0 aromatic rings. The summed E-state index contributed by atoms with van der Waals surface area (Å²) in [6.45, 7) is 3.96. The summed E-state index contributed by atoms with van der Waals surface area (Å²) in [6.07, 6.45) is 4.44. The van der Waals surface area contributed by atoms with Crippen LogP contribution in [0.4, 0.5) is 0 Å². The Bertz CT molecular complexity index is 523. The molecular weight excluding hydrogens is 358 g/mol. The van der Waals surface area contributed by atoms with Crippen molar-refractivity contribution in [2.75, 3.05) is 18.6 Å². The van der Waals surface area contributed by atoms with Gasteiger partial charge in [-0.2, -0.15) is 11.8 Å². The van der Waals surface area contributed by atoms with Gasteiger partial charge < -0.3 is 27.0 Å². The lowest BCUT2D eigenvalue weighted by molar-refractivity contribution is -0.138. The van der Waals surface area contributed by atoms with E-state index in [9.17, 15) is 14.4 Å². The Morgan fingerprint density at radius 3 is 2.31 bits per heavy atom. The minimum Gasteiger partial charge on any atom is -0.480 e. The van der Waals surface area contributed by atoms with Crippen LogP contribution in [0.1, 0.15) is 39.5 Å². The molecular formula is C17H31N3O5S. The Morgan fingerprint density at radius 1 is 1.27 bits per heavy atom. The average Bonchev–Trinajstić information content (AvgIpc) is 3.22. The molecule has 0 saturated heterocycles. The fourth-order valence-electron chi connectivity index (χ4n) is 2.20. The number of nitrogens with one attached hydrogen (secondary N) is 1. The molecule has 0 heterocycles. The number of carboxylic acids is 2. The first-order valence-electron chi connectivity index (χ1n) is 8.53. The largest absolute Gasteiger partial charge is 0.480 e. The molecule has 0 aromatic heterocycles. The van der Waals surface area contributed by atoms with Crippen LogP contribution >= 0.6 is 11.8 Å². The summed E-state index contributed by atoms with van der Waals surface area (Å²) in [5.74, 6) is -1.37. The summed E-state index contributed by atoms with van der Waals surface area (Å²) in [5, 5.41) is 20.3. The number of carbonyl (C=O) groups excluding carboxylic acids is 1. The second-order valence-electron chi connectivity index (χ2n) is 6.67. The molecule has 0 radical (unpaired) electrons. The Labute approximate surface area is 158 Å². The highest BCUT2D eigenvalue weighted by Crippen LogP contribution is 2.51. The normalized spacial score (nSPS) is 19.0. The van der Waals surface area contributed by atoms with Gasteiger partial charge in [-0.05, 0) is 43.9 Å². The van der Waals surface area contributed by atoms with Crippen LogP contribution in [0.5, 0.6) is 0 Å². The molecule has 0 bridgehead atoms. The molecule has 7 N–H and O–H groups in total. The lowest BCUT2D eigenvalue weighted by atomic mass is 10.1. The van der Waals surface area contributed by atoms with Crippen LogP contribution in [0.15, 0.2) is 11.8 Å². The summed E-state index contributed by atoms with van der Waals surface area (Å²) >= 11 is 1.46. The van der Waals surface area contributed by atoms with Gasteiger partial charge in [-0.25, -0.2) is 4.79 Å². The maximum absolute atomic E-state index is 12.0. The molecule has 26 heavy (non-hydrogen) atoms. The van der Waals surface area contributed by atoms with Gasteiger partial charge in [0.1, 0.15) is 11.7 Å². The topological polar surface area (TPSA) is 156 Å². The Hall–Kier alpha value is -1.58. The number of nitrogens with two attached hydrogens (primary N) is 2. The van der Waals surface area contributed by atoms with Gasteiger partial charge in [0.25, 0.3) is 0 Å². The van der Waals surface area contributed by atoms with Gasteiger partial charge in [0, 0.05) is 11.7 Å². The van der Waals surface area contributed by atoms with Crippen LogP contribution in [0.2, 0.25) is 0 Å². The first-order chi connectivity index (χ1) is 12.1. The van der Waals surface area contributed by atoms with Crippen molar-refractivity contribution in [3.63, 3.8) is 0 Å². The number of thioether (sulfide) groups is 1. The monoisotopic (exact) mass is 389 g/mol. The number of amides is 1. The second-order valence-corrected chi connectivity index (χ2v) is 7.82. The van der Waals surface area contributed by atoms with Crippen LogP contribution < -0.4 is 16.8 Å². The van der Waals surface area contributed by atoms with Crippen molar-refractivity contribution in [3.05, 3.63) is 11.8 Å². The molecule has 1 saturated carbocycles. The zero-order valence-corrected chi connectivity index (χ0v) is 16.5. The van der Waals surface area contributed by atoms with Crippen molar-refractivity contribution in [2.24, 2.45) is 22.8 Å². The number of carbonyl (C=O) groups is 3. The molecule has 0 unspecified atom stereocenters. The van der Waals surface area contributed by atoms with E-state index in [1.807, 2.05) is 13.8 Å². The number of rotatable bonds is 11. The molecule has 1 fully saturated rings. The molecule has 1 rings (SSSR count). The van der Waals surface area contributed by atoms with E-state index in [2.05, 4.69) is 11.1 Å².